The van der Waals surface area contributed by atoms with Crippen LogP contribution in [0.4, 0.5) is 10.3 Å². The number of hydrogen-bond acceptors (Lipinski definition) is 9. The quantitative estimate of drug-likeness (QED) is 0.313. The Bertz CT molecular complexity index is 1210. The summed E-state index contributed by atoms with van der Waals surface area (Å²) < 4.78 is 19.6. The zero-order valence-corrected chi connectivity index (χ0v) is 20.6. The molecule has 1 amide bonds. The molecule has 4 heterocycles. The third-order valence-electron chi connectivity index (χ3n) is 5.88. The van der Waals surface area contributed by atoms with E-state index in [1.54, 1.807) is 42.8 Å². The van der Waals surface area contributed by atoms with Crippen LogP contribution in [-0.4, -0.2) is 53.2 Å². The normalized spacial score (nSPS) is 14.6. The number of pyridine rings is 1. The monoisotopic (exact) mass is 510 g/mol. The van der Waals surface area contributed by atoms with Gasteiger partial charge in [0.2, 0.25) is 5.95 Å². The lowest BCUT2D eigenvalue weighted by molar-refractivity contribution is -0.116. The largest absolute Gasteiger partial charge is 0.463 e. The first kappa shape index (κ1) is 25.5. The van der Waals surface area contributed by atoms with Crippen molar-refractivity contribution in [2.24, 2.45) is 5.92 Å². The molecule has 1 fully saturated rings. The summed E-state index contributed by atoms with van der Waals surface area (Å²) in [7, 11) is 1.51. The second-order valence-corrected chi connectivity index (χ2v) is 9.11. The molecule has 1 aliphatic heterocycles. The van der Waals surface area contributed by atoms with Crippen LogP contribution in [0, 0.1) is 11.7 Å². The first-order valence-corrected chi connectivity index (χ1v) is 12.5. The Hall–Kier alpha value is -3.57. The predicted molar refractivity (Wildman–Crippen MR) is 137 cm³/mol. The van der Waals surface area contributed by atoms with E-state index in [9.17, 15) is 14.0 Å². The summed E-state index contributed by atoms with van der Waals surface area (Å²) in [6.07, 6.45) is 6.66. The lowest BCUT2D eigenvalue weighted by atomic mass is 9.97. The van der Waals surface area contributed by atoms with E-state index in [1.807, 2.05) is 0 Å². The highest BCUT2D eigenvalue weighted by Crippen LogP contribution is 2.23. The molecule has 1 saturated heterocycles. The Morgan fingerprint density at radius 3 is 2.81 bits per heavy atom. The average Bonchev–Trinajstić information content (AvgIpc) is 3.45. The van der Waals surface area contributed by atoms with Gasteiger partial charge < -0.3 is 20.0 Å². The fraction of sp³-hybridized carbons (Fsp3) is 0.320. The van der Waals surface area contributed by atoms with Gasteiger partial charge in [0, 0.05) is 32.9 Å². The third kappa shape index (κ3) is 6.55. The summed E-state index contributed by atoms with van der Waals surface area (Å²) in [5, 5.41) is 5.86. The summed E-state index contributed by atoms with van der Waals surface area (Å²) >= 11 is 0.807. The fourth-order valence-corrected chi connectivity index (χ4v) is 4.46. The van der Waals surface area contributed by atoms with Crippen LogP contribution < -0.4 is 15.5 Å². The maximum atomic E-state index is 14.2. The first-order chi connectivity index (χ1) is 17.6. The molecule has 0 aliphatic carbocycles. The molecule has 0 bridgehead atoms. The van der Waals surface area contributed by atoms with Crippen LogP contribution >= 0.6 is 11.8 Å². The van der Waals surface area contributed by atoms with Crippen molar-refractivity contribution in [1.29, 1.82) is 0 Å². The van der Waals surface area contributed by atoms with E-state index in [0.717, 1.165) is 44.2 Å². The zero-order valence-electron chi connectivity index (χ0n) is 19.8. The fourth-order valence-electron chi connectivity index (χ4n) is 3.96. The number of piperidine rings is 1. The van der Waals surface area contributed by atoms with Crippen molar-refractivity contribution in [3.8, 4) is 11.5 Å². The highest BCUT2D eigenvalue weighted by Gasteiger charge is 2.21. The summed E-state index contributed by atoms with van der Waals surface area (Å²) in [6.45, 7) is 2.66. The smallest absolute Gasteiger partial charge is 0.257 e. The number of hydrogen-bond donors (Lipinski definition) is 2. The van der Waals surface area contributed by atoms with Gasteiger partial charge in [0.05, 0.1) is 22.6 Å². The molecule has 0 atom stereocenters. The Morgan fingerprint density at radius 1 is 1.25 bits per heavy atom. The van der Waals surface area contributed by atoms with Crippen molar-refractivity contribution >= 4 is 35.3 Å². The summed E-state index contributed by atoms with van der Waals surface area (Å²) in [4.78, 5) is 38.5. The molecule has 0 radical (unpaired) electrons. The van der Waals surface area contributed by atoms with Crippen molar-refractivity contribution in [3.63, 3.8) is 0 Å². The SMILES string of the molecule is CNC(=O)/C(=C/c1ccnc(N2CCC(CNCc3nc(-c4ccco4)ccc3F)CC2)n1)SC=O. The number of amides is 1. The van der Waals surface area contributed by atoms with E-state index in [2.05, 4.69) is 30.5 Å². The van der Waals surface area contributed by atoms with E-state index in [4.69, 9.17) is 4.42 Å². The number of aromatic nitrogens is 3. The van der Waals surface area contributed by atoms with E-state index in [1.165, 1.54) is 13.1 Å². The molecule has 0 saturated carbocycles. The van der Waals surface area contributed by atoms with Crippen LogP contribution in [0.2, 0.25) is 0 Å². The topological polar surface area (TPSA) is 113 Å². The number of carbonyl (C=O) groups excluding carboxylic acids is 2. The van der Waals surface area contributed by atoms with Gasteiger partial charge in [0.1, 0.15) is 11.5 Å². The van der Waals surface area contributed by atoms with E-state index >= 15 is 0 Å². The molecule has 0 unspecified atom stereocenters. The summed E-state index contributed by atoms with van der Waals surface area (Å²) in [5.74, 6) is 0.943. The summed E-state index contributed by atoms with van der Waals surface area (Å²) in [5.41, 5.74) is 2.14. The van der Waals surface area contributed by atoms with Gasteiger partial charge >= 0.3 is 0 Å². The number of carbonyl (C=O) groups is 2. The van der Waals surface area contributed by atoms with Crippen LogP contribution in [0.1, 0.15) is 24.2 Å². The van der Waals surface area contributed by atoms with Gasteiger partial charge in [-0.05, 0) is 73.5 Å². The van der Waals surface area contributed by atoms with E-state index < -0.39 is 0 Å². The predicted octanol–water partition coefficient (Wildman–Crippen LogP) is 3.29. The second kappa shape index (κ2) is 12.4. The van der Waals surface area contributed by atoms with Gasteiger partial charge in [-0.3, -0.25) is 9.59 Å². The Morgan fingerprint density at radius 2 is 2.08 bits per heavy atom. The molecule has 3 aromatic heterocycles. The number of anilines is 1. The zero-order chi connectivity index (χ0) is 25.3. The lowest BCUT2D eigenvalue weighted by Crippen LogP contribution is -2.38. The molecule has 1 aliphatic rings. The molecule has 3 aromatic rings. The highest BCUT2D eigenvalue weighted by atomic mass is 32.2. The van der Waals surface area contributed by atoms with Crippen LogP contribution in [0.5, 0.6) is 0 Å². The molecule has 0 spiro atoms. The third-order valence-corrected chi connectivity index (χ3v) is 6.54. The van der Waals surface area contributed by atoms with E-state index in [-0.39, 0.29) is 16.6 Å². The summed E-state index contributed by atoms with van der Waals surface area (Å²) in [6, 6.07) is 8.30. The number of nitrogens with one attached hydrogen (secondary N) is 2. The molecule has 0 aromatic carbocycles. The molecule has 188 valence electrons. The molecule has 4 rings (SSSR count). The number of halogens is 1. The Balaban J connectivity index is 1.30. The van der Waals surface area contributed by atoms with Crippen molar-refractivity contribution < 1.29 is 18.4 Å². The van der Waals surface area contributed by atoms with Crippen molar-refractivity contribution in [2.75, 3.05) is 31.6 Å². The van der Waals surface area contributed by atoms with Crippen LogP contribution in [0.25, 0.3) is 17.5 Å². The number of rotatable bonds is 10. The first-order valence-electron chi connectivity index (χ1n) is 11.6. The van der Waals surface area contributed by atoms with Gasteiger partial charge in [-0.1, -0.05) is 0 Å². The molecule has 2 N–H and O–H groups in total. The Kier molecular flexibility index (Phi) is 8.80. The van der Waals surface area contributed by atoms with E-state index in [0.29, 0.717) is 46.9 Å². The minimum Gasteiger partial charge on any atom is -0.463 e. The number of nitrogens with zero attached hydrogens (tertiary/aromatic N) is 4. The molecule has 9 nitrogen and oxygen atoms in total. The maximum absolute atomic E-state index is 14.2. The molecule has 11 heteroatoms. The highest BCUT2D eigenvalue weighted by molar-refractivity contribution is 8.16. The van der Waals surface area contributed by atoms with Gasteiger partial charge in [-0.25, -0.2) is 19.3 Å². The standard InChI is InChI=1S/C25H27FN6O3S/c1-27-24(34)23(36-16-33)13-18-6-9-29-25(30-18)32-10-7-17(8-11-32)14-28-15-21-19(26)4-5-20(31-21)22-3-2-12-35-22/h2-6,9,12-13,16-17,28H,7-8,10-11,14-15H2,1H3,(H,27,34)/b23-13-. The van der Waals surface area contributed by atoms with Gasteiger partial charge in [0.15, 0.2) is 11.4 Å². The minimum atomic E-state index is -0.344. The van der Waals surface area contributed by atoms with Crippen molar-refractivity contribution in [3.05, 3.63) is 64.9 Å². The molecular formula is C25H27FN6O3S. The number of thioether (sulfide) groups is 1. The number of furan rings is 1. The van der Waals surface area contributed by atoms with Gasteiger partial charge in [-0.2, -0.15) is 0 Å². The molecule has 36 heavy (non-hydrogen) atoms. The molecular weight excluding hydrogens is 483 g/mol. The minimum absolute atomic E-state index is 0.266. The van der Waals surface area contributed by atoms with Gasteiger partial charge in [0.25, 0.3) is 5.91 Å². The van der Waals surface area contributed by atoms with Gasteiger partial charge in [-0.15, -0.1) is 0 Å². The lowest BCUT2D eigenvalue weighted by Gasteiger charge is -2.32. The van der Waals surface area contributed by atoms with Crippen LogP contribution in [0.15, 0.2) is 52.1 Å². The average molecular weight is 511 g/mol. The van der Waals surface area contributed by atoms with Crippen LogP contribution in [-0.2, 0) is 16.1 Å². The van der Waals surface area contributed by atoms with Crippen LogP contribution in [0.3, 0.4) is 0 Å². The van der Waals surface area contributed by atoms with Crippen molar-refractivity contribution in [1.82, 2.24) is 25.6 Å². The second-order valence-electron chi connectivity index (χ2n) is 8.25. The Labute approximate surface area is 212 Å². The van der Waals surface area contributed by atoms with Crippen molar-refractivity contribution in [2.45, 2.75) is 19.4 Å². The maximum Gasteiger partial charge on any atom is 0.257 e. The number of likely N-dealkylation sites (N-methyl/N-ethyl adjacent to an activating group) is 1.